The Morgan fingerprint density at radius 2 is 1.24 bits per heavy atom. The van der Waals surface area contributed by atoms with E-state index in [1.807, 2.05) is 0 Å². The van der Waals surface area contributed by atoms with Crippen LogP contribution in [-0.4, -0.2) is 65.3 Å². The maximum atomic E-state index is 12.2. The summed E-state index contributed by atoms with van der Waals surface area (Å²) in [6, 6.07) is 5.77. The number of methoxy groups -OCH3 is 4. The normalized spacial score (nSPS) is 11.9. The average molecular weight is 535 g/mol. The fourth-order valence-corrected chi connectivity index (χ4v) is 3.46. The smallest absolute Gasteiger partial charge is 0.308 e. The highest BCUT2D eigenvalue weighted by molar-refractivity contribution is 5.78. The lowest BCUT2D eigenvalue weighted by Gasteiger charge is -2.29. The van der Waals surface area contributed by atoms with Crippen molar-refractivity contribution in [3.05, 3.63) is 35.4 Å². The van der Waals surface area contributed by atoms with Gasteiger partial charge in [-0.05, 0) is 24.3 Å². The third-order valence-corrected chi connectivity index (χ3v) is 5.03. The molecule has 0 amide bonds. The van der Waals surface area contributed by atoms with E-state index in [9.17, 15) is 19.2 Å². The van der Waals surface area contributed by atoms with Gasteiger partial charge in [0.1, 0.15) is 12.9 Å². The molecule has 0 aliphatic heterocycles. The van der Waals surface area contributed by atoms with Gasteiger partial charge in [-0.3, -0.25) is 19.2 Å². The summed E-state index contributed by atoms with van der Waals surface area (Å²) in [5.41, 5.74) is 0.555. The summed E-state index contributed by atoms with van der Waals surface area (Å²) in [5.74, 6) is -1.35. The van der Waals surface area contributed by atoms with Gasteiger partial charge in [0.15, 0.2) is 35.2 Å². The van der Waals surface area contributed by atoms with Crippen molar-refractivity contribution in [2.75, 3.05) is 35.0 Å². The second kappa shape index (κ2) is 13.7. The molecule has 0 radical (unpaired) electrons. The minimum absolute atomic E-state index is 0.0121. The van der Waals surface area contributed by atoms with Crippen LogP contribution in [0.3, 0.4) is 0 Å². The van der Waals surface area contributed by atoms with Crippen molar-refractivity contribution in [1.82, 2.24) is 0 Å². The molecule has 0 saturated carbocycles. The standard InChI is InChI=1S/C26H30O12/c1-14(28)35-13-23(38-26-19(31-4)8-17(12-27)9-20(26)32-5)24(36-15(2)29)18-10-21(33-6)25(37-16(3)30)22(11-18)34-7/h8-12,23-24H,13H2,1-7H3. The molecule has 12 nitrogen and oxygen atoms in total. The molecule has 0 N–H and O–H groups in total. The van der Waals surface area contributed by atoms with Crippen LogP contribution >= 0.6 is 0 Å². The SMILES string of the molecule is COc1cc(C(OC(C)=O)C(COC(C)=O)Oc2c(OC)cc(C=O)cc2OC)cc(OC)c1OC(C)=O. The lowest BCUT2D eigenvalue weighted by Crippen LogP contribution is -2.34. The molecular weight excluding hydrogens is 504 g/mol. The summed E-state index contributed by atoms with van der Waals surface area (Å²) in [4.78, 5) is 46.9. The second-order valence-corrected chi connectivity index (χ2v) is 7.71. The van der Waals surface area contributed by atoms with E-state index >= 15 is 0 Å². The Balaban J connectivity index is 2.72. The fourth-order valence-electron chi connectivity index (χ4n) is 3.46. The minimum Gasteiger partial charge on any atom is -0.493 e. The van der Waals surface area contributed by atoms with Crippen molar-refractivity contribution in [3.8, 4) is 34.5 Å². The lowest BCUT2D eigenvalue weighted by atomic mass is 10.0. The van der Waals surface area contributed by atoms with Gasteiger partial charge in [-0.1, -0.05) is 0 Å². The van der Waals surface area contributed by atoms with E-state index in [1.165, 1.54) is 73.5 Å². The summed E-state index contributed by atoms with van der Waals surface area (Å²) in [6.45, 7) is 3.24. The minimum atomic E-state index is -1.21. The first kappa shape index (κ1) is 29.7. The third kappa shape index (κ3) is 7.51. The number of aldehydes is 1. The summed E-state index contributed by atoms with van der Waals surface area (Å²) in [7, 11) is 5.43. The average Bonchev–Trinajstić information content (AvgIpc) is 2.88. The van der Waals surface area contributed by atoms with Gasteiger partial charge in [-0.15, -0.1) is 0 Å². The van der Waals surface area contributed by atoms with Crippen LogP contribution < -0.4 is 28.4 Å². The zero-order chi connectivity index (χ0) is 28.4. The number of ether oxygens (including phenoxy) is 8. The van der Waals surface area contributed by atoms with Crippen LogP contribution in [0.1, 0.15) is 42.8 Å². The van der Waals surface area contributed by atoms with Crippen molar-refractivity contribution < 1.29 is 57.1 Å². The molecule has 206 valence electrons. The van der Waals surface area contributed by atoms with Crippen LogP contribution in [0.4, 0.5) is 0 Å². The van der Waals surface area contributed by atoms with E-state index in [2.05, 4.69) is 0 Å². The van der Waals surface area contributed by atoms with Crippen LogP contribution in [0.15, 0.2) is 24.3 Å². The maximum Gasteiger partial charge on any atom is 0.308 e. The Bertz CT molecular complexity index is 1120. The molecule has 2 rings (SSSR count). The first-order valence-electron chi connectivity index (χ1n) is 11.2. The molecule has 2 aromatic carbocycles. The number of hydrogen-bond donors (Lipinski definition) is 0. The fraction of sp³-hybridized carbons (Fsp3) is 0.385. The number of esters is 3. The van der Waals surface area contributed by atoms with E-state index in [0.29, 0.717) is 11.8 Å². The summed E-state index contributed by atoms with van der Waals surface area (Å²) >= 11 is 0. The third-order valence-electron chi connectivity index (χ3n) is 5.03. The summed E-state index contributed by atoms with van der Waals surface area (Å²) in [5, 5.41) is 0. The molecule has 0 bridgehead atoms. The van der Waals surface area contributed by atoms with Crippen molar-refractivity contribution in [1.29, 1.82) is 0 Å². The summed E-state index contributed by atoms with van der Waals surface area (Å²) < 4.78 is 43.8. The largest absolute Gasteiger partial charge is 0.493 e. The van der Waals surface area contributed by atoms with Crippen molar-refractivity contribution >= 4 is 24.2 Å². The lowest BCUT2D eigenvalue weighted by molar-refractivity contribution is -0.157. The molecule has 0 aliphatic rings. The Hall–Kier alpha value is -4.48. The number of rotatable bonds is 13. The van der Waals surface area contributed by atoms with Crippen LogP contribution in [0.25, 0.3) is 0 Å². The van der Waals surface area contributed by atoms with Crippen LogP contribution in [-0.2, 0) is 23.9 Å². The number of carbonyl (C=O) groups excluding carboxylic acids is 4. The first-order chi connectivity index (χ1) is 18.1. The molecular formula is C26H30O12. The first-order valence-corrected chi connectivity index (χ1v) is 11.2. The number of benzene rings is 2. The van der Waals surface area contributed by atoms with E-state index in [1.54, 1.807) is 0 Å². The topological polar surface area (TPSA) is 142 Å². The Morgan fingerprint density at radius 1 is 0.737 bits per heavy atom. The quantitative estimate of drug-likeness (QED) is 0.212. The predicted molar refractivity (Wildman–Crippen MR) is 131 cm³/mol. The van der Waals surface area contributed by atoms with Gasteiger partial charge < -0.3 is 37.9 Å². The molecule has 2 unspecified atom stereocenters. The molecule has 0 fully saturated rings. The number of carbonyl (C=O) groups is 4. The van der Waals surface area contributed by atoms with Gasteiger partial charge in [0, 0.05) is 31.9 Å². The Kier molecular flexibility index (Phi) is 10.7. The molecule has 0 aromatic heterocycles. The van der Waals surface area contributed by atoms with Gasteiger partial charge in [0.05, 0.1) is 28.4 Å². The van der Waals surface area contributed by atoms with Crippen molar-refractivity contribution in [2.24, 2.45) is 0 Å². The van der Waals surface area contributed by atoms with E-state index in [0.717, 1.165) is 0 Å². The van der Waals surface area contributed by atoms with Gasteiger partial charge in [-0.25, -0.2) is 0 Å². The van der Waals surface area contributed by atoms with Crippen LogP contribution in [0.5, 0.6) is 34.5 Å². The zero-order valence-electron chi connectivity index (χ0n) is 22.1. The second-order valence-electron chi connectivity index (χ2n) is 7.71. The van der Waals surface area contributed by atoms with Crippen molar-refractivity contribution in [2.45, 2.75) is 33.0 Å². The number of hydrogen-bond acceptors (Lipinski definition) is 12. The van der Waals surface area contributed by atoms with Crippen LogP contribution in [0.2, 0.25) is 0 Å². The molecule has 0 aliphatic carbocycles. The maximum absolute atomic E-state index is 12.2. The Labute approximate surface area is 219 Å². The molecule has 0 saturated heterocycles. The van der Waals surface area contributed by atoms with E-state index < -0.39 is 30.1 Å². The van der Waals surface area contributed by atoms with Gasteiger partial charge in [0.25, 0.3) is 0 Å². The predicted octanol–water partition coefficient (Wildman–Crippen LogP) is 3.07. The van der Waals surface area contributed by atoms with Crippen LogP contribution in [0, 0.1) is 0 Å². The van der Waals surface area contributed by atoms with E-state index in [4.69, 9.17) is 37.9 Å². The molecule has 0 heterocycles. The highest BCUT2D eigenvalue weighted by Crippen LogP contribution is 2.44. The van der Waals surface area contributed by atoms with E-state index in [-0.39, 0.29) is 46.7 Å². The summed E-state index contributed by atoms with van der Waals surface area (Å²) in [6.07, 6.45) is -1.77. The zero-order valence-corrected chi connectivity index (χ0v) is 22.1. The van der Waals surface area contributed by atoms with Gasteiger partial charge in [0.2, 0.25) is 11.5 Å². The molecule has 2 aromatic rings. The van der Waals surface area contributed by atoms with Crippen molar-refractivity contribution in [3.63, 3.8) is 0 Å². The Morgan fingerprint density at radius 3 is 1.63 bits per heavy atom. The monoisotopic (exact) mass is 534 g/mol. The van der Waals surface area contributed by atoms with Gasteiger partial charge in [-0.2, -0.15) is 0 Å². The molecule has 38 heavy (non-hydrogen) atoms. The highest BCUT2D eigenvalue weighted by atomic mass is 16.6. The molecule has 0 spiro atoms. The van der Waals surface area contributed by atoms with Gasteiger partial charge >= 0.3 is 17.9 Å². The molecule has 12 heteroatoms. The molecule has 2 atom stereocenters. The highest BCUT2D eigenvalue weighted by Gasteiger charge is 2.33.